The van der Waals surface area contributed by atoms with E-state index >= 15 is 0 Å². The predicted octanol–water partition coefficient (Wildman–Crippen LogP) is 0.996. The molecule has 0 aliphatic carbocycles. The summed E-state index contributed by atoms with van der Waals surface area (Å²) in [6.07, 6.45) is 0. The van der Waals surface area contributed by atoms with Gasteiger partial charge in [-0.2, -0.15) is 0 Å². The molecule has 0 rings (SSSR count). The van der Waals surface area contributed by atoms with E-state index in [1.54, 1.807) is 0 Å². The van der Waals surface area contributed by atoms with Crippen LogP contribution in [0.1, 0.15) is 0 Å². The Morgan fingerprint density at radius 2 is 1.25 bits per heavy atom. The first kappa shape index (κ1) is 9.29. The maximum atomic E-state index is 4.67. The molecule has 0 N–H and O–H groups in total. The van der Waals surface area contributed by atoms with Crippen LogP contribution < -0.4 is 0 Å². The van der Waals surface area contributed by atoms with E-state index in [4.69, 9.17) is 0 Å². The molecule has 0 unspecified atom stereocenters. The monoisotopic (exact) mass is 157 g/mol. The SMILES string of the molecule is [Cl][Cu][Cl].[Mg]. The molecule has 0 bridgehead atoms. The Morgan fingerprint density at radius 1 is 1.25 bits per heavy atom. The van der Waals surface area contributed by atoms with Gasteiger partial charge in [-0.3, -0.25) is 0 Å². The maximum Gasteiger partial charge on any atom is 0 e. The number of halogens is 2. The van der Waals surface area contributed by atoms with Gasteiger partial charge in [0.1, 0.15) is 0 Å². The molecule has 2 radical (unpaired) electrons. The van der Waals surface area contributed by atoms with Crippen LogP contribution in [0, 0.1) is 0 Å². The quantitative estimate of drug-likeness (QED) is 0.462. The van der Waals surface area contributed by atoms with Crippen LogP contribution in [0.4, 0.5) is 0 Å². The first-order valence-corrected chi connectivity index (χ1v) is 2.82. The second-order valence-electron chi connectivity index (χ2n) is 0.0431. The molecule has 27 valence electrons. The Hall–Kier alpha value is 1.87. The molecule has 0 spiro atoms. The van der Waals surface area contributed by atoms with Gasteiger partial charge < -0.3 is 0 Å². The Balaban J connectivity index is 0. The van der Waals surface area contributed by atoms with Crippen LogP contribution in [-0.4, -0.2) is 23.1 Å². The van der Waals surface area contributed by atoms with E-state index in [9.17, 15) is 0 Å². The summed E-state index contributed by atoms with van der Waals surface area (Å²) in [5.74, 6) is 0. The summed E-state index contributed by atoms with van der Waals surface area (Å²) >= 11 is 0.757. The van der Waals surface area contributed by atoms with Crippen LogP contribution in [0.5, 0.6) is 0 Å². The normalized spacial score (nSPS) is 5.50. The van der Waals surface area contributed by atoms with Crippen molar-refractivity contribution in [1.29, 1.82) is 0 Å². The third-order valence-electron chi connectivity index (χ3n) is 0. The van der Waals surface area contributed by atoms with E-state index in [-0.39, 0.29) is 23.1 Å². The molecular formula is Cl2CuMg. The standard InChI is InChI=1S/2ClH.Cu.Mg/h2*1H;;/q;;+2;/p-2. The van der Waals surface area contributed by atoms with Crippen LogP contribution in [-0.2, 0) is 13.1 Å². The zero-order chi connectivity index (χ0) is 2.71. The fraction of sp³-hybridized carbons (Fsp3) is 0. The predicted molar refractivity (Wildman–Crippen MR) is 17.5 cm³/mol. The minimum Gasteiger partial charge on any atom is 0 e. The van der Waals surface area contributed by atoms with E-state index in [1.807, 2.05) is 0 Å². The molecule has 4 heavy (non-hydrogen) atoms. The summed E-state index contributed by atoms with van der Waals surface area (Å²) in [4.78, 5) is 0. The van der Waals surface area contributed by atoms with Crippen molar-refractivity contribution in [1.82, 2.24) is 0 Å². The third-order valence-corrected chi connectivity index (χ3v) is 0. The van der Waals surface area contributed by atoms with Crippen molar-refractivity contribution in [2.24, 2.45) is 0 Å². The third kappa shape index (κ3) is 9.12. The molecule has 0 nitrogen and oxygen atoms in total. The van der Waals surface area contributed by atoms with Gasteiger partial charge in [0.05, 0.1) is 0 Å². The van der Waals surface area contributed by atoms with Gasteiger partial charge in [0.15, 0.2) is 0 Å². The Labute approximate surface area is 56.0 Å². The Morgan fingerprint density at radius 3 is 1.25 bits per heavy atom. The first-order valence-electron chi connectivity index (χ1n) is 0.228. The van der Waals surface area contributed by atoms with Gasteiger partial charge in [-0.15, -0.1) is 0 Å². The van der Waals surface area contributed by atoms with Crippen LogP contribution >= 0.6 is 20.2 Å². The molecule has 0 amide bonds. The molecule has 0 saturated carbocycles. The van der Waals surface area contributed by atoms with Crippen molar-refractivity contribution in [2.45, 2.75) is 0 Å². The van der Waals surface area contributed by atoms with E-state index in [0.29, 0.717) is 0 Å². The van der Waals surface area contributed by atoms with E-state index in [1.165, 1.54) is 0 Å². The molecule has 0 saturated heterocycles. The van der Waals surface area contributed by atoms with Crippen molar-refractivity contribution in [2.75, 3.05) is 0 Å². The molecule has 0 heterocycles. The molecule has 0 aliphatic rings. The van der Waals surface area contributed by atoms with Crippen LogP contribution in [0.25, 0.3) is 0 Å². The summed E-state index contributed by atoms with van der Waals surface area (Å²) in [6.45, 7) is 0. The minimum atomic E-state index is 0. The molecule has 0 aromatic carbocycles. The molecule has 0 atom stereocenters. The largest absolute Gasteiger partial charge is 0 e. The summed E-state index contributed by atoms with van der Waals surface area (Å²) in [5, 5.41) is 0. The first-order chi connectivity index (χ1) is 1.41. The summed E-state index contributed by atoms with van der Waals surface area (Å²) in [5.41, 5.74) is 0. The van der Waals surface area contributed by atoms with Gasteiger partial charge in [-0.05, 0) is 0 Å². The zero-order valence-electron chi connectivity index (χ0n) is 1.76. The average molecular weight is 159 g/mol. The second-order valence-corrected chi connectivity index (χ2v) is 1.60. The van der Waals surface area contributed by atoms with Gasteiger partial charge >= 0.3 is 33.3 Å². The smallest absolute Gasteiger partial charge is 0 e. The molecular weight excluding hydrogens is 159 g/mol. The Kier molecular flexibility index (Phi) is 20.6. The fourth-order valence-corrected chi connectivity index (χ4v) is 0. The molecule has 0 aromatic heterocycles. The second kappa shape index (κ2) is 8.85. The van der Waals surface area contributed by atoms with Gasteiger partial charge in [-0.1, -0.05) is 0 Å². The van der Waals surface area contributed by atoms with Crippen molar-refractivity contribution in [3.63, 3.8) is 0 Å². The minimum absolute atomic E-state index is 0. The summed E-state index contributed by atoms with van der Waals surface area (Å²) in [6, 6.07) is 0. The topological polar surface area (TPSA) is 0 Å². The van der Waals surface area contributed by atoms with Crippen molar-refractivity contribution in [3.05, 3.63) is 0 Å². The van der Waals surface area contributed by atoms with E-state index in [2.05, 4.69) is 20.2 Å². The summed E-state index contributed by atoms with van der Waals surface area (Å²) < 4.78 is 0. The van der Waals surface area contributed by atoms with Gasteiger partial charge in [-0.25, -0.2) is 0 Å². The average Bonchev–Trinajstić information content (AvgIpc) is 0.918. The van der Waals surface area contributed by atoms with Gasteiger partial charge in [0.25, 0.3) is 0 Å². The Bertz CT molecular complexity index is 6.00. The number of rotatable bonds is 0. The van der Waals surface area contributed by atoms with Crippen LogP contribution in [0.15, 0.2) is 0 Å². The van der Waals surface area contributed by atoms with Crippen LogP contribution in [0.2, 0.25) is 0 Å². The molecule has 0 fully saturated rings. The maximum absolute atomic E-state index is 4.67. The zero-order valence-corrected chi connectivity index (χ0v) is 5.63. The molecule has 0 aliphatic heterocycles. The van der Waals surface area contributed by atoms with Crippen molar-refractivity contribution in [3.8, 4) is 0 Å². The van der Waals surface area contributed by atoms with Gasteiger partial charge in [0, 0.05) is 23.1 Å². The molecule has 0 aromatic rings. The summed E-state index contributed by atoms with van der Waals surface area (Å²) in [7, 11) is 9.34. The van der Waals surface area contributed by atoms with Crippen molar-refractivity contribution < 1.29 is 13.1 Å². The fourth-order valence-electron chi connectivity index (χ4n) is 0. The van der Waals surface area contributed by atoms with Crippen molar-refractivity contribution >= 4 is 43.2 Å². The number of hydrogen-bond donors (Lipinski definition) is 0. The van der Waals surface area contributed by atoms with E-state index in [0.717, 1.165) is 13.1 Å². The van der Waals surface area contributed by atoms with E-state index < -0.39 is 0 Å². The van der Waals surface area contributed by atoms with Gasteiger partial charge in [0.2, 0.25) is 0 Å². The van der Waals surface area contributed by atoms with Crippen LogP contribution in [0.3, 0.4) is 0 Å². The molecule has 4 heteroatoms. The number of hydrogen-bond acceptors (Lipinski definition) is 0.